The number of hydrogen-bond acceptors (Lipinski definition) is 2. The van der Waals surface area contributed by atoms with Crippen LogP contribution in [0.5, 0.6) is 0 Å². The molecule has 1 N–H and O–H groups in total. The number of halogens is 1. The van der Waals surface area contributed by atoms with Gasteiger partial charge in [-0.1, -0.05) is 41.4 Å². The summed E-state index contributed by atoms with van der Waals surface area (Å²) >= 11 is 3.60. The fourth-order valence-electron chi connectivity index (χ4n) is 3.26. The fraction of sp³-hybridized carbons (Fsp3) is 0.625. The van der Waals surface area contributed by atoms with Crippen molar-refractivity contribution in [3.8, 4) is 0 Å². The van der Waals surface area contributed by atoms with Crippen LogP contribution in [0.15, 0.2) is 28.7 Å². The third kappa shape index (κ3) is 3.80. The molecule has 1 saturated heterocycles. The molecule has 1 heterocycles. The number of rotatable bonds is 5. The van der Waals surface area contributed by atoms with Crippen LogP contribution in [0, 0.1) is 0 Å². The van der Waals surface area contributed by atoms with Gasteiger partial charge in [-0.05, 0) is 50.6 Å². The van der Waals surface area contributed by atoms with Gasteiger partial charge in [0, 0.05) is 23.1 Å². The summed E-state index contributed by atoms with van der Waals surface area (Å²) in [5.41, 5.74) is 1.44. The highest BCUT2D eigenvalue weighted by Gasteiger charge is 2.28. The largest absolute Gasteiger partial charge is 0.318 e. The minimum absolute atomic E-state index is 0.552. The number of nitrogens with one attached hydrogen (secondary N) is 1. The second-order valence-electron chi connectivity index (χ2n) is 5.42. The SMILES string of the molecule is CCC(c1cccc(Br)c1)N1CCCCC1CNC. The molecule has 1 aromatic rings. The van der Waals surface area contributed by atoms with Gasteiger partial charge >= 0.3 is 0 Å². The van der Waals surface area contributed by atoms with Crippen molar-refractivity contribution in [3.63, 3.8) is 0 Å². The Morgan fingerprint density at radius 1 is 1.42 bits per heavy atom. The molecule has 106 valence electrons. The molecule has 2 rings (SSSR count). The highest BCUT2D eigenvalue weighted by atomic mass is 79.9. The third-order valence-electron chi connectivity index (χ3n) is 4.13. The lowest BCUT2D eigenvalue weighted by Gasteiger charge is -2.41. The van der Waals surface area contributed by atoms with Crippen molar-refractivity contribution in [1.82, 2.24) is 10.2 Å². The van der Waals surface area contributed by atoms with Gasteiger partial charge in [-0.3, -0.25) is 4.90 Å². The van der Waals surface area contributed by atoms with E-state index in [0.717, 1.165) is 6.54 Å². The smallest absolute Gasteiger partial charge is 0.0349 e. The van der Waals surface area contributed by atoms with Crippen LogP contribution in [0.1, 0.15) is 44.2 Å². The fourth-order valence-corrected chi connectivity index (χ4v) is 3.68. The number of likely N-dealkylation sites (tertiary alicyclic amines) is 1. The Morgan fingerprint density at radius 3 is 2.95 bits per heavy atom. The van der Waals surface area contributed by atoms with E-state index in [9.17, 15) is 0 Å². The second-order valence-corrected chi connectivity index (χ2v) is 6.34. The van der Waals surface area contributed by atoms with Crippen LogP contribution in [0.25, 0.3) is 0 Å². The molecular formula is C16H25BrN2. The maximum atomic E-state index is 3.60. The van der Waals surface area contributed by atoms with Gasteiger partial charge < -0.3 is 5.32 Å². The van der Waals surface area contributed by atoms with Crippen molar-refractivity contribution < 1.29 is 0 Å². The Bertz CT molecular complexity index is 392. The van der Waals surface area contributed by atoms with Crippen molar-refractivity contribution in [3.05, 3.63) is 34.3 Å². The van der Waals surface area contributed by atoms with E-state index in [4.69, 9.17) is 0 Å². The van der Waals surface area contributed by atoms with Crippen molar-refractivity contribution in [2.45, 2.75) is 44.7 Å². The molecular weight excluding hydrogens is 300 g/mol. The number of hydrogen-bond donors (Lipinski definition) is 1. The molecule has 2 nitrogen and oxygen atoms in total. The summed E-state index contributed by atoms with van der Waals surface area (Å²) in [5, 5.41) is 3.36. The van der Waals surface area contributed by atoms with E-state index in [1.54, 1.807) is 0 Å². The zero-order valence-corrected chi connectivity index (χ0v) is 13.6. The summed E-state index contributed by atoms with van der Waals surface area (Å²) in [6.45, 7) is 4.64. The molecule has 0 aliphatic carbocycles. The standard InChI is InChI=1S/C16H25BrN2/c1-3-16(13-7-6-8-14(17)11-13)19-10-5-4-9-15(19)12-18-2/h6-8,11,15-16,18H,3-5,9-10,12H2,1-2H3. The predicted molar refractivity (Wildman–Crippen MR) is 85.4 cm³/mol. The lowest BCUT2D eigenvalue weighted by atomic mass is 9.95. The van der Waals surface area contributed by atoms with E-state index in [0.29, 0.717) is 12.1 Å². The molecule has 3 heteroatoms. The van der Waals surface area contributed by atoms with Crippen molar-refractivity contribution in [1.29, 1.82) is 0 Å². The van der Waals surface area contributed by atoms with Gasteiger partial charge in [0.1, 0.15) is 0 Å². The summed E-state index contributed by atoms with van der Waals surface area (Å²) in [6.07, 6.45) is 5.21. The first-order valence-electron chi connectivity index (χ1n) is 7.42. The molecule has 0 radical (unpaired) electrons. The Labute approximate surface area is 125 Å². The van der Waals surface area contributed by atoms with E-state index in [1.807, 2.05) is 0 Å². The Balaban J connectivity index is 2.19. The average Bonchev–Trinajstić information content (AvgIpc) is 2.42. The molecule has 0 aromatic heterocycles. The minimum Gasteiger partial charge on any atom is -0.318 e. The second kappa shape index (κ2) is 7.41. The quantitative estimate of drug-likeness (QED) is 0.881. The Morgan fingerprint density at radius 2 is 2.26 bits per heavy atom. The van der Waals surface area contributed by atoms with E-state index < -0.39 is 0 Å². The van der Waals surface area contributed by atoms with Crippen LogP contribution >= 0.6 is 15.9 Å². The highest BCUT2D eigenvalue weighted by molar-refractivity contribution is 9.10. The van der Waals surface area contributed by atoms with Gasteiger partial charge in [0.25, 0.3) is 0 Å². The molecule has 0 amide bonds. The normalized spacial score (nSPS) is 22.4. The Hall–Kier alpha value is -0.380. The van der Waals surface area contributed by atoms with Crippen molar-refractivity contribution in [2.75, 3.05) is 20.1 Å². The molecule has 1 aromatic carbocycles. The van der Waals surface area contributed by atoms with Gasteiger partial charge in [-0.15, -0.1) is 0 Å². The van der Waals surface area contributed by atoms with E-state index in [1.165, 1.54) is 42.3 Å². The molecule has 1 fully saturated rings. The van der Waals surface area contributed by atoms with E-state index in [2.05, 4.69) is 64.4 Å². The van der Waals surface area contributed by atoms with Gasteiger partial charge in [-0.2, -0.15) is 0 Å². The van der Waals surface area contributed by atoms with Crippen LogP contribution in [0.2, 0.25) is 0 Å². The molecule has 0 spiro atoms. The Kier molecular flexibility index (Phi) is 5.86. The number of nitrogens with zero attached hydrogens (tertiary/aromatic N) is 1. The zero-order valence-electron chi connectivity index (χ0n) is 12.0. The third-order valence-corrected chi connectivity index (χ3v) is 4.63. The molecule has 0 saturated carbocycles. The van der Waals surface area contributed by atoms with Gasteiger partial charge in [0.2, 0.25) is 0 Å². The van der Waals surface area contributed by atoms with Crippen LogP contribution < -0.4 is 5.32 Å². The van der Waals surface area contributed by atoms with Crippen LogP contribution in [0.4, 0.5) is 0 Å². The molecule has 0 bridgehead atoms. The zero-order chi connectivity index (χ0) is 13.7. The summed E-state index contributed by atoms with van der Waals surface area (Å²) in [7, 11) is 2.06. The first kappa shape index (κ1) is 15.0. The topological polar surface area (TPSA) is 15.3 Å². The predicted octanol–water partition coefficient (Wildman–Crippen LogP) is 3.97. The van der Waals surface area contributed by atoms with Crippen molar-refractivity contribution in [2.24, 2.45) is 0 Å². The number of likely N-dealkylation sites (N-methyl/N-ethyl adjacent to an activating group) is 1. The molecule has 19 heavy (non-hydrogen) atoms. The van der Waals surface area contributed by atoms with Crippen LogP contribution in [-0.2, 0) is 0 Å². The maximum absolute atomic E-state index is 3.60. The first-order valence-corrected chi connectivity index (χ1v) is 8.21. The van der Waals surface area contributed by atoms with Gasteiger partial charge in [0.15, 0.2) is 0 Å². The molecule has 1 aliphatic rings. The van der Waals surface area contributed by atoms with Gasteiger partial charge in [-0.25, -0.2) is 0 Å². The molecule has 1 aliphatic heterocycles. The number of benzene rings is 1. The minimum atomic E-state index is 0.552. The van der Waals surface area contributed by atoms with Crippen LogP contribution in [0.3, 0.4) is 0 Å². The van der Waals surface area contributed by atoms with Gasteiger partial charge in [0.05, 0.1) is 0 Å². The number of piperidine rings is 1. The van der Waals surface area contributed by atoms with E-state index in [-0.39, 0.29) is 0 Å². The van der Waals surface area contributed by atoms with E-state index >= 15 is 0 Å². The summed E-state index contributed by atoms with van der Waals surface area (Å²) in [6, 6.07) is 10.0. The molecule has 2 unspecified atom stereocenters. The maximum Gasteiger partial charge on any atom is 0.0349 e. The highest BCUT2D eigenvalue weighted by Crippen LogP contribution is 2.31. The summed E-state index contributed by atoms with van der Waals surface area (Å²) in [4.78, 5) is 2.71. The molecule has 2 atom stereocenters. The summed E-state index contributed by atoms with van der Waals surface area (Å²) < 4.78 is 1.19. The first-order chi connectivity index (χ1) is 9.26. The summed E-state index contributed by atoms with van der Waals surface area (Å²) in [5.74, 6) is 0. The lowest BCUT2D eigenvalue weighted by molar-refractivity contribution is 0.0917. The van der Waals surface area contributed by atoms with Crippen molar-refractivity contribution >= 4 is 15.9 Å². The van der Waals surface area contributed by atoms with Crippen LogP contribution in [-0.4, -0.2) is 31.1 Å². The lowest BCUT2D eigenvalue weighted by Crippen LogP contribution is -2.46. The monoisotopic (exact) mass is 324 g/mol. The average molecular weight is 325 g/mol.